The van der Waals surface area contributed by atoms with Crippen LogP contribution in [0.2, 0.25) is 5.02 Å². The number of hydrogen-bond acceptors (Lipinski definition) is 7. The van der Waals surface area contributed by atoms with Crippen LogP contribution in [0.5, 0.6) is 5.75 Å². The molecule has 1 spiro atoms. The summed E-state index contributed by atoms with van der Waals surface area (Å²) in [5.41, 5.74) is 5.22. The van der Waals surface area contributed by atoms with Gasteiger partial charge in [0, 0.05) is 30.6 Å². The van der Waals surface area contributed by atoms with Gasteiger partial charge in [0.2, 0.25) is 0 Å². The Bertz CT molecular complexity index is 1420. The zero-order valence-corrected chi connectivity index (χ0v) is 26.9. The van der Waals surface area contributed by atoms with Crippen molar-refractivity contribution in [2.75, 3.05) is 45.4 Å². The minimum Gasteiger partial charge on any atom is -0.490 e. The number of aryl methyl sites for hydroxylation is 1. The fourth-order valence-corrected chi connectivity index (χ4v) is 8.24. The highest BCUT2D eigenvalue weighted by molar-refractivity contribution is 6.30. The van der Waals surface area contributed by atoms with E-state index in [0.717, 1.165) is 74.5 Å². The first kappa shape index (κ1) is 31.0. The van der Waals surface area contributed by atoms with Gasteiger partial charge in [-0.05, 0) is 117 Å². The summed E-state index contributed by atoms with van der Waals surface area (Å²) in [5, 5.41) is 0.770. The van der Waals surface area contributed by atoms with E-state index >= 15 is 0 Å². The van der Waals surface area contributed by atoms with E-state index in [1.807, 2.05) is 32.2 Å². The van der Waals surface area contributed by atoms with E-state index in [4.69, 9.17) is 30.5 Å². The van der Waals surface area contributed by atoms with Gasteiger partial charge in [0.25, 0.3) is 0 Å². The van der Waals surface area contributed by atoms with Crippen LogP contribution in [0.3, 0.4) is 0 Å². The predicted molar refractivity (Wildman–Crippen MR) is 171 cm³/mol. The van der Waals surface area contributed by atoms with Crippen LogP contribution >= 0.6 is 11.6 Å². The Balaban J connectivity index is 1.28. The third-order valence-corrected chi connectivity index (χ3v) is 10.7. The molecular formula is C36H44ClNO6. The van der Waals surface area contributed by atoms with E-state index < -0.39 is 0 Å². The van der Waals surface area contributed by atoms with Gasteiger partial charge in [-0.15, -0.1) is 0 Å². The summed E-state index contributed by atoms with van der Waals surface area (Å²) in [6, 6.07) is 12.0. The summed E-state index contributed by atoms with van der Waals surface area (Å²) in [7, 11) is 3.23. The highest BCUT2D eigenvalue weighted by Gasteiger charge is 2.45. The predicted octanol–water partition coefficient (Wildman–Crippen LogP) is 6.93. The molecular weight excluding hydrogens is 578 g/mol. The van der Waals surface area contributed by atoms with E-state index in [-0.39, 0.29) is 29.4 Å². The van der Waals surface area contributed by atoms with Crippen LogP contribution in [0, 0.1) is 17.8 Å². The second-order valence-electron chi connectivity index (χ2n) is 12.9. The van der Waals surface area contributed by atoms with E-state index in [9.17, 15) is 9.59 Å². The van der Waals surface area contributed by atoms with Crippen molar-refractivity contribution in [1.29, 1.82) is 0 Å². The lowest BCUT2D eigenvalue weighted by Crippen LogP contribution is -2.50. The minimum atomic E-state index is -0.351. The number of methoxy groups -OCH3 is 2. The van der Waals surface area contributed by atoms with Gasteiger partial charge in [-0.1, -0.05) is 23.7 Å². The van der Waals surface area contributed by atoms with Crippen molar-refractivity contribution >= 4 is 29.2 Å². The van der Waals surface area contributed by atoms with Crippen molar-refractivity contribution < 1.29 is 28.5 Å². The summed E-state index contributed by atoms with van der Waals surface area (Å²) in [4.78, 5) is 27.4. The fourth-order valence-electron chi connectivity index (χ4n) is 8.05. The van der Waals surface area contributed by atoms with Gasteiger partial charge in [-0.3, -0.25) is 4.79 Å². The molecule has 0 unspecified atom stereocenters. The molecule has 236 valence electrons. The van der Waals surface area contributed by atoms with Crippen LogP contribution in [0.25, 0.3) is 0 Å². The van der Waals surface area contributed by atoms with Gasteiger partial charge >= 0.3 is 11.9 Å². The molecule has 1 aliphatic heterocycles. The molecule has 3 aliphatic carbocycles. The van der Waals surface area contributed by atoms with Crippen LogP contribution in [0.4, 0.5) is 5.69 Å². The summed E-state index contributed by atoms with van der Waals surface area (Å²) < 4.78 is 23.1. The summed E-state index contributed by atoms with van der Waals surface area (Å²) in [6.45, 7) is 4.49. The van der Waals surface area contributed by atoms with Gasteiger partial charge in [0.05, 0.1) is 43.6 Å². The van der Waals surface area contributed by atoms with E-state index in [1.165, 1.54) is 23.8 Å². The van der Waals surface area contributed by atoms with Crippen LogP contribution < -0.4 is 9.64 Å². The average molecular weight is 622 g/mol. The van der Waals surface area contributed by atoms with Crippen LogP contribution in [0.15, 0.2) is 48.0 Å². The summed E-state index contributed by atoms with van der Waals surface area (Å²) in [5.74, 6) is 1.10. The molecule has 7 nitrogen and oxygen atoms in total. The van der Waals surface area contributed by atoms with Crippen molar-refractivity contribution in [1.82, 2.24) is 0 Å². The van der Waals surface area contributed by atoms with Crippen molar-refractivity contribution in [3.63, 3.8) is 0 Å². The molecule has 4 aliphatic rings. The number of carbonyl (C=O) groups excluding carboxylic acids is 2. The Morgan fingerprint density at radius 1 is 1.11 bits per heavy atom. The van der Waals surface area contributed by atoms with Crippen molar-refractivity contribution in [2.45, 2.75) is 69.8 Å². The third kappa shape index (κ3) is 5.97. The zero-order chi connectivity index (χ0) is 30.8. The van der Waals surface area contributed by atoms with Gasteiger partial charge < -0.3 is 23.8 Å². The summed E-state index contributed by atoms with van der Waals surface area (Å²) in [6.07, 6.45) is 9.98. The largest absolute Gasteiger partial charge is 0.490 e. The molecule has 0 amide bonds. The molecule has 0 bridgehead atoms. The van der Waals surface area contributed by atoms with Crippen molar-refractivity contribution in [2.24, 2.45) is 17.8 Å². The molecule has 1 fully saturated rings. The topological polar surface area (TPSA) is 74.3 Å². The Kier molecular flexibility index (Phi) is 9.25. The number of carbonyl (C=O) groups is 2. The maximum absolute atomic E-state index is 12.6. The number of ether oxygens (including phenoxy) is 4. The highest BCUT2D eigenvalue weighted by Crippen LogP contribution is 2.48. The molecule has 44 heavy (non-hydrogen) atoms. The number of allylic oxidation sites excluding steroid dienone is 1. The molecule has 0 aromatic heterocycles. The first-order valence-electron chi connectivity index (χ1n) is 16.1. The minimum absolute atomic E-state index is 0.0347. The number of benzene rings is 2. The Morgan fingerprint density at radius 3 is 2.68 bits per heavy atom. The monoisotopic (exact) mass is 621 g/mol. The lowest BCUT2D eigenvalue weighted by molar-refractivity contribution is -0.148. The quantitative estimate of drug-likeness (QED) is 0.234. The first-order valence-corrected chi connectivity index (χ1v) is 16.5. The Morgan fingerprint density at radius 2 is 1.98 bits per heavy atom. The molecule has 8 heteroatoms. The molecule has 0 radical (unpaired) electrons. The molecule has 5 atom stereocenters. The van der Waals surface area contributed by atoms with Gasteiger partial charge in [-0.25, -0.2) is 4.79 Å². The number of nitrogens with zero attached hydrogens (tertiary/aromatic N) is 1. The lowest BCUT2D eigenvalue weighted by Gasteiger charge is -2.47. The number of hydrogen-bond donors (Lipinski definition) is 0. The zero-order valence-electron chi connectivity index (χ0n) is 26.1. The van der Waals surface area contributed by atoms with E-state index in [2.05, 4.69) is 23.1 Å². The second kappa shape index (κ2) is 13.1. The maximum Gasteiger partial charge on any atom is 0.337 e. The molecule has 1 heterocycles. The van der Waals surface area contributed by atoms with Crippen LogP contribution in [-0.4, -0.2) is 58.6 Å². The fraction of sp³-hybridized carbons (Fsp3) is 0.556. The molecule has 0 saturated heterocycles. The van der Waals surface area contributed by atoms with E-state index in [1.54, 1.807) is 6.07 Å². The standard InChI is InChI=1S/C36H44ClNO6/c1-4-43-35(40)24-9-7-23(8-10-24)33(41-2)29-14-11-27(29)20-38-21-36(17-5-6-25-18-28(37)13-15-30(25)36)22-44-32-16-12-26(19-31(32)38)34(39)42-3/h7,12-13,15-16,18-19,24,27,29,33H,4-6,8-11,14,17,20-22H2,1-3H3/t24-,27+,29-,33+,36+/m1/s1. The smallest absolute Gasteiger partial charge is 0.337 e. The molecule has 2 aromatic rings. The second-order valence-corrected chi connectivity index (χ2v) is 13.4. The maximum atomic E-state index is 12.6. The Labute approximate surface area is 265 Å². The van der Waals surface area contributed by atoms with Gasteiger partial charge in [0.1, 0.15) is 5.75 Å². The van der Waals surface area contributed by atoms with Crippen molar-refractivity contribution in [3.05, 3.63) is 69.8 Å². The van der Waals surface area contributed by atoms with Crippen LogP contribution in [0.1, 0.15) is 73.4 Å². The number of esters is 2. The van der Waals surface area contributed by atoms with Crippen molar-refractivity contribution in [3.8, 4) is 5.75 Å². The molecule has 0 N–H and O–H groups in total. The van der Waals surface area contributed by atoms with Gasteiger partial charge in [-0.2, -0.15) is 0 Å². The molecule has 2 aromatic carbocycles. The first-order chi connectivity index (χ1) is 21.4. The van der Waals surface area contributed by atoms with Gasteiger partial charge in [0.15, 0.2) is 0 Å². The van der Waals surface area contributed by atoms with Crippen LogP contribution in [-0.2, 0) is 30.8 Å². The summed E-state index contributed by atoms with van der Waals surface area (Å²) >= 11 is 6.43. The number of halogens is 1. The number of fused-ring (bicyclic) bond motifs is 3. The van der Waals surface area contributed by atoms with E-state index in [0.29, 0.717) is 37.0 Å². The lowest BCUT2D eigenvalue weighted by atomic mass is 9.66. The average Bonchev–Trinajstić information content (AvgIpc) is 3.18. The number of anilines is 1. The number of rotatable bonds is 8. The highest BCUT2D eigenvalue weighted by atomic mass is 35.5. The SMILES string of the molecule is CCOC(=O)[C@@H]1CC=C([C@H](OC)[C@@H]2CC[C@H]2CN2C[C@@]3(CCCc4cc(Cl)ccc43)COc3ccc(C(=O)OC)cc32)CC1. The Hall–Kier alpha value is -3.03. The molecule has 1 saturated carbocycles. The third-order valence-electron chi connectivity index (χ3n) is 10.5. The molecule has 6 rings (SSSR count). The normalized spacial score (nSPS) is 26.7.